The Kier molecular flexibility index (Phi) is 3.38. The van der Waals surface area contributed by atoms with Gasteiger partial charge in [-0.05, 0) is 45.1 Å². The number of aliphatic carboxylic acids is 1. The lowest BCUT2D eigenvalue weighted by Crippen LogP contribution is -2.19. The van der Waals surface area contributed by atoms with Crippen LogP contribution in [0.25, 0.3) is 0 Å². The minimum absolute atomic E-state index is 0.294. The summed E-state index contributed by atoms with van der Waals surface area (Å²) < 4.78 is 0. The van der Waals surface area contributed by atoms with Crippen molar-refractivity contribution >= 4 is 17.7 Å². The van der Waals surface area contributed by atoms with Crippen LogP contribution in [-0.2, 0) is 4.79 Å². The van der Waals surface area contributed by atoms with Crippen LogP contribution in [0.1, 0.15) is 29.8 Å². The van der Waals surface area contributed by atoms with Gasteiger partial charge in [0.2, 0.25) is 0 Å². The molecule has 0 amide bonds. The molecule has 17 heavy (non-hydrogen) atoms. The molecule has 5 heteroatoms. The Hall–Kier alpha value is -1.10. The summed E-state index contributed by atoms with van der Waals surface area (Å²) in [5, 5.41) is 9.36. The van der Waals surface area contributed by atoms with E-state index >= 15 is 0 Å². The summed E-state index contributed by atoms with van der Waals surface area (Å²) in [4.78, 5) is 19.9. The molecule has 1 unspecified atom stereocenters. The topological polar surface area (TPSA) is 63.1 Å². The van der Waals surface area contributed by atoms with Crippen LogP contribution in [0.15, 0.2) is 5.16 Å². The molecule has 1 aromatic rings. The molecule has 1 aromatic heterocycles. The number of hydrogen-bond acceptors (Lipinski definition) is 4. The van der Waals surface area contributed by atoms with E-state index in [-0.39, 0.29) is 0 Å². The lowest BCUT2D eigenvalue weighted by molar-refractivity contribution is -0.136. The third-order valence-corrected chi connectivity index (χ3v) is 4.37. The second kappa shape index (κ2) is 4.64. The van der Waals surface area contributed by atoms with Crippen molar-refractivity contribution in [2.45, 2.75) is 44.0 Å². The summed E-state index contributed by atoms with van der Waals surface area (Å²) in [6.07, 6.45) is 2.02. The minimum Gasteiger partial charge on any atom is -0.480 e. The molecule has 1 N–H and O–H groups in total. The van der Waals surface area contributed by atoms with Gasteiger partial charge in [0.05, 0.1) is 0 Å². The van der Waals surface area contributed by atoms with Crippen molar-refractivity contribution in [2.75, 3.05) is 0 Å². The van der Waals surface area contributed by atoms with Crippen LogP contribution in [-0.4, -0.2) is 26.3 Å². The van der Waals surface area contributed by atoms with Crippen molar-refractivity contribution < 1.29 is 9.90 Å². The first-order valence-electron chi connectivity index (χ1n) is 5.70. The fraction of sp³-hybridized carbons (Fsp3) is 0.583. The molecule has 1 heterocycles. The number of rotatable bonds is 4. The molecule has 1 aliphatic carbocycles. The van der Waals surface area contributed by atoms with Gasteiger partial charge in [0.15, 0.2) is 5.16 Å². The lowest BCUT2D eigenvalue weighted by Gasteiger charge is -2.11. The summed E-state index contributed by atoms with van der Waals surface area (Å²) >= 11 is 1.28. The van der Waals surface area contributed by atoms with Crippen molar-refractivity contribution in [3.8, 4) is 0 Å². The highest BCUT2D eigenvalue weighted by Crippen LogP contribution is 2.41. The minimum atomic E-state index is -0.753. The Morgan fingerprint density at radius 3 is 2.24 bits per heavy atom. The highest BCUT2D eigenvalue weighted by Gasteiger charge is 2.37. The third kappa shape index (κ3) is 2.77. The Morgan fingerprint density at radius 2 is 1.82 bits per heavy atom. The van der Waals surface area contributed by atoms with E-state index in [4.69, 9.17) is 5.11 Å². The summed E-state index contributed by atoms with van der Waals surface area (Å²) in [6.45, 7) is 5.84. The van der Waals surface area contributed by atoms with Crippen LogP contribution >= 0.6 is 11.8 Å². The van der Waals surface area contributed by atoms with Crippen molar-refractivity contribution in [1.82, 2.24) is 9.97 Å². The molecule has 4 nitrogen and oxygen atoms in total. The molecule has 0 saturated heterocycles. The first kappa shape index (κ1) is 12.4. The second-order valence-electron chi connectivity index (χ2n) is 4.52. The van der Waals surface area contributed by atoms with Crippen LogP contribution < -0.4 is 0 Å². The predicted molar refractivity (Wildman–Crippen MR) is 66.2 cm³/mol. The molecular weight excluding hydrogens is 236 g/mol. The van der Waals surface area contributed by atoms with Gasteiger partial charge in [-0.25, -0.2) is 9.97 Å². The number of aromatic nitrogens is 2. The number of aryl methyl sites for hydroxylation is 2. The highest BCUT2D eigenvalue weighted by atomic mass is 32.2. The standard InChI is InChI=1S/C12H16N2O2S/c1-6-7(2)13-12(14-8(6)3)17-10(11(15)16)9-4-5-9/h9-10H,4-5H2,1-3H3,(H,15,16). The highest BCUT2D eigenvalue weighted by molar-refractivity contribution is 8.00. The van der Waals surface area contributed by atoms with Gasteiger partial charge in [-0.3, -0.25) is 4.79 Å². The van der Waals surface area contributed by atoms with Gasteiger partial charge in [-0.15, -0.1) is 0 Å². The maximum atomic E-state index is 11.1. The molecule has 2 rings (SSSR count). The van der Waals surface area contributed by atoms with Crippen molar-refractivity contribution in [3.63, 3.8) is 0 Å². The zero-order chi connectivity index (χ0) is 12.6. The van der Waals surface area contributed by atoms with E-state index in [1.54, 1.807) is 0 Å². The summed E-state index contributed by atoms with van der Waals surface area (Å²) in [5.41, 5.74) is 2.94. The molecule has 0 aliphatic heterocycles. The number of carboxylic acids is 1. The van der Waals surface area contributed by atoms with Crippen LogP contribution in [0.4, 0.5) is 0 Å². The van der Waals surface area contributed by atoms with Crippen LogP contribution in [0.3, 0.4) is 0 Å². The maximum Gasteiger partial charge on any atom is 0.317 e. The molecule has 1 fully saturated rings. The fourth-order valence-corrected chi connectivity index (χ4v) is 2.83. The van der Waals surface area contributed by atoms with Gasteiger partial charge in [-0.1, -0.05) is 11.8 Å². The van der Waals surface area contributed by atoms with Gasteiger partial charge < -0.3 is 5.11 Å². The molecule has 0 radical (unpaired) electrons. The Balaban J connectivity index is 2.20. The van der Waals surface area contributed by atoms with Crippen molar-refractivity contribution in [1.29, 1.82) is 0 Å². The molecule has 0 aromatic carbocycles. The number of hydrogen-bond donors (Lipinski definition) is 1. The van der Waals surface area contributed by atoms with Crippen LogP contribution in [0.5, 0.6) is 0 Å². The second-order valence-corrected chi connectivity index (χ2v) is 5.62. The van der Waals surface area contributed by atoms with E-state index in [2.05, 4.69) is 9.97 Å². The van der Waals surface area contributed by atoms with Gasteiger partial charge in [-0.2, -0.15) is 0 Å². The lowest BCUT2D eigenvalue weighted by atomic mass is 10.2. The average Bonchev–Trinajstić information content (AvgIpc) is 3.05. The van der Waals surface area contributed by atoms with E-state index < -0.39 is 11.2 Å². The van der Waals surface area contributed by atoms with Crippen molar-refractivity contribution in [3.05, 3.63) is 17.0 Å². The average molecular weight is 252 g/mol. The monoisotopic (exact) mass is 252 g/mol. The van der Waals surface area contributed by atoms with Crippen molar-refractivity contribution in [2.24, 2.45) is 5.92 Å². The first-order chi connectivity index (χ1) is 7.99. The fourth-order valence-electron chi connectivity index (χ4n) is 1.65. The number of carboxylic acid groups (broad SMARTS) is 1. The molecule has 92 valence electrons. The SMILES string of the molecule is Cc1nc(SC(C(=O)O)C2CC2)nc(C)c1C. The zero-order valence-electron chi connectivity index (χ0n) is 10.2. The summed E-state index contributed by atoms with van der Waals surface area (Å²) in [7, 11) is 0. The molecular formula is C12H16N2O2S. The van der Waals surface area contributed by atoms with Gasteiger partial charge in [0.1, 0.15) is 5.25 Å². The first-order valence-corrected chi connectivity index (χ1v) is 6.58. The Bertz CT molecular complexity index is 435. The van der Waals surface area contributed by atoms with E-state index in [0.29, 0.717) is 11.1 Å². The predicted octanol–water partition coefficient (Wildman–Crippen LogP) is 2.36. The third-order valence-electron chi connectivity index (χ3n) is 3.14. The largest absolute Gasteiger partial charge is 0.480 e. The number of thioether (sulfide) groups is 1. The summed E-state index contributed by atoms with van der Waals surface area (Å²) in [5.74, 6) is -0.458. The Morgan fingerprint density at radius 1 is 1.29 bits per heavy atom. The Labute approximate surface area is 105 Å². The molecule has 1 atom stereocenters. The molecule has 0 bridgehead atoms. The van der Waals surface area contributed by atoms with Crippen LogP contribution in [0.2, 0.25) is 0 Å². The number of nitrogens with zero attached hydrogens (tertiary/aromatic N) is 2. The van der Waals surface area contributed by atoms with Gasteiger partial charge in [0.25, 0.3) is 0 Å². The van der Waals surface area contributed by atoms with E-state index in [0.717, 1.165) is 29.8 Å². The summed E-state index contributed by atoms with van der Waals surface area (Å²) in [6, 6.07) is 0. The zero-order valence-corrected chi connectivity index (χ0v) is 11.0. The molecule has 0 spiro atoms. The smallest absolute Gasteiger partial charge is 0.317 e. The van der Waals surface area contributed by atoms with E-state index in [9.17, 15) is 4.79 Å². The van der Waals surface area contributed by atoms with E-state index in [1.165, 1.54) is 11.8 Å². The van der Waals surface area contributed by atoms with E-state index in [1.807, 2.05) is 20.8 Å². The van der Waals surface area contributed by atoms with Crippen LogP contribution in [0, 0.1) is 26.7 Å². The maximum absolute atomic E-state index is 11.1. The van der Waals surface area contributed by atoms with Gasteiger partial charge in [0, 0.05) is 11.4 Å². The molecule has 1 aliphatic rings. The quantitative estimate of drug-likeness (QED) is 0.658. The number of carbonyl (C=O) groups is 1. The molecule has 1 saturated carbocycles. The normalized spacial score (nSPS) is 16.9. The van der Waals surface area contributed by atoms with Gasteiger partial charge >= 0.3 is 5.97 Å².